The maximum absolute atomic E-state index is 12.9. The lowest BCUT2D eigenvalue weighted by Crippen LogP contribution is -2.38. The molecule has 28 heavy (non-hydrogen) atoms. The fourth-order valence-electron chi connectivity index (χ4n) is 3.83. The Morgan fingerprint density at radius 1 is 1.11 bits per heavy atom. The molecule has 1 aliphatic rings. The summed E-state index contributed by atoms with van der Waals surface area (Å²) in [6.07, 6.45) is 8.90. The van der Waals surface area contributed by atoms with Gasteiger partial charge < -0.3 is 9.13 Å². The fourth-order valence-corrected chi connectivity index (χ4v) is 5.11. The van der Waals surface area contributed by atoms with Crippen LogP contribution in [0, 0.1) is 13.8 Å². The first kappa shape index (κ1) is 18.8. The lowest BCUT2D eigenvalue weighted by atomic mass is 9.91. The van der Waals surface area contributed by atoms with Gasteiger partial charge in [0.15, 0.2) is 0 Å². The molecule has 9 heteroatoms. The van der Waals surface area contributed by atoms with Crippen molar-refractivity contribution in [3.63, 3.8) is 0 Å². The van der Waals surface area contributed by atoms with Crippen molar-refractivity contribution >= 4 is 10.0 Å². The van der Waals surface area contributed by atoms with Gasteiger partial charge in [0.2, 0.25) is 10.0 Å². The molecule has 0 amide bonds. The number of nitrogens with one attached hydrogen (secondary N) is 1. The number of aryl methyl sites for hydroxylation is 2. The van der Waals surface area contributed by atoms with Crippen LogP contribution in [0.15, 0.2) is 48.0 Å². The van der Waals surface area contributed by atoms with Crippen LogP contribution >= 0.6 is 0 Å². The highest BCUT2D eigenvalue weighted by molar-refractivity contribution is 7.89. The number of nitrogens with zero attached hydrogens (tertiary/aromatic N) is 5. The molecule has 0 aliphatic heterocycles. The summed E-state index contributed by atoms with van der Waals surface area (Å²) < 4.78 is 32.5. The Labute approximate surface area is 164 Å². The first-order valence-corrected chi connectivity index (χ1v) is 10.9. The number of imidazole rings is 1. The smallest absolute Gasteiger partial charge is 0.240 e. The van der Waals surface area contributed by atoms with E-state index < -0.39 is 10.0 Å². The third-order valence-corrected chi connectivity index (χ3v) is 6.81. The van der Waals surface area contributed by atoms with E-state index in [1.165, 1.54) is 0 Å². The van der Waals surface area contributed by atoms with Crippen LogP contribution in [0.3, 0.4) is 0 Å². The second kappa shape index (κ2) is 7.48. The zero-order valence-corrected chi connectivity index (χ0v) is 16.8. The SMILES string of the molecule is Cc1cn(-c2ccc(S(=O)(=O)N[C@H]3CCC[C@@H](n4cnnc4C)C3)cc2)cn1. The highest BCUT2D eigenvalue weighted by Crippen LogP contribution is 2.30. The van der Waals surface area contributed by atoms with Gasteiger partial charge in [0, 0.05) is 24.0 Å². The van der Waals surface area contributed by atoms with Crippen molar-refractivity contribution in [1.82, 2.24) is 29.0 Å². The molecule has 2 heterocycles. The highest BCUT2D eigenvalue weighted by Gasteiger charge is 2.28. The monoisotopic (exact) mass is 400 g/mol. The normalized spacial score (nSPS) is 20.4. The number of hydrogen-bond acceptors (Lipinski definition) is 5. The number of benzene rings is 1. The summed E-state index contributed by atoms with van der Waals surface area (Å²) in [6.45, 7) is 3.84. The minimum absolute atomic E-state index is 0.0958. The molecule has 3 aromatic rings. The minimum Gasteiger partial charge on any atom is -0.315 e. The molecule has 0 unspecified atom stereocenters. The Hall–Kier alpha value is -2.52. The van der Waals surface area contributed by atoms with Crippen molar-refractivity contribution in [2.75, 3.05) is 0 Å². The Kier molecular flexibility index (Phi) is 5.03. The van der Waals surface area contributed by atoms with Gasteiger partial charge in [0.1, 0.15) is 12.2 Å². The predicted molar refractivity (Wildman–Crippen MR) is 105 cm³/mol. The lowest BCUT2D eigenvalue weighted by Gasteiger charge is -2.30. The second-order valence-electron chi connectivity index (χ2n) is 7.34. The molecule has 1 N–H and O–H groups in total. The molecule has 0 saturated heterocycles. The van der Waals surface area contributed by atoms with E-state index >= 15 is 0 Å². The third kappa shape index (κ3) is 3.85. The Morgan fingerprint density at radius 2 is 1.89 bits per heavy atom. The summed E-state index contributed by atoms with van der Waals surface area (Å²) in [5.74, 6) is 0.860. The van der Waals surface area contributed by atoms with Crippen LogP contribution in [0.4, 0.5) is 0 Å². The van der Waals surface area contributed by atoms with Crippen LogP contribution in [0.2, 0.25) is 0 Å². The molecule has 2 atom stereocenters. The van der Waals surface area contributed by atoms with Gasteiger partial charge in [-0.05, 0) is 63.8 Å². The summed E-state index contributed by atoms with van der Waals surface area (Å²) in [5.41, 5.74) is 1.79. The quantitative estimate of drug-likeness (QED) is 0.710. The van der Waals surface area contributed by atoms with E-state index in [9.17, 15) is 8.42 Å². The summed E-state index contributed by atoms with van der Waals surface area (Å²) in [6, 6.07) is 6.98. The van der Waals surface area contributed by atoms with Gasteiger partial charge in [-0.15, -0.1) is 10.2 Å². The van der Waals surface area contributed by atoms with E-state index in [4.69, 9.17) is 0 Å². The number of sulfonamides is 1. The molecule has 0 radical (unpaired) electrons. The predicted octanol–water partition coefficient (Wildman–Crippen LogP) is 2.54. The van der Waals surface area contributed by atoms with Crippen molar-refractivity contribution in [3.8, 4) is 5.69 Å². The van der Waals surface area contributed by atoms with E-state index in [0.717, 1.165) is 42.9 Å². The molecule has 148 valence electrons. The molecule has 1 fully saturated rings. The highest BCUT2D eigenvalue weighted by atomic mass is 32.2. The molecule has 1 aliphatic carbocycles. The lowest BCUT2D eigenvalue weighted by molar-refractivity contribution is 0.302. The number of hydrogen-bond donors (Lipinski definition) is 1. The third-order valence-electron chi connectivity index (χ3n) is 5.27. The summed E-state index contributed by atoms with van der Waals surface area (Å²) in [5, 5.41) is 7.99. The fraction of sp³-hybridized carbons (Fsp3) is 0.421. The Balaban J connectivity index is 1.47. The van der Waals surface area contributed by atoms with Crippen LogP contribution < -0.4 is 4.72 Å². The van der Waals surface area contributed by atoms with Crippen LogP contribution in [-0.4, -0.2) is 38.8 Å². The van der Waals surface area contributed by atoms with Crippen LogP contribution in [0.25, 0.3) is 5.69 Å². The first-order valence-electron chi connectivity index (χ1n) is 9.42. The molecule has 0 spiro atoms. The van der Waals surface area contributed by atoms with Crippen LogP contribution in [0.1, 0.15) is 43.2 Å². The maximum Gasteiger partial charge on any atom is 0.240 e. The topological polar surface area (TPSA) is 94.7 Å². The minimum atomic E-state index is -3.57. The molecule has 4 rings (SSSR count). The average molecular weight is 401 g/mol. The van der Waals surface area contributed by atoms with Crippen molar-refractivity contribution in [1.29, 1.82) is 0 Å². The van der Waals surface area contributed by atoms with Gasteiger partial charge in [-0.1, -0.05) is 0 Å². The molecule has 8 nitrogen and oxygen atoms in total. The van der Waals surface area contributed by atoms with Gasteiger partial charge in [-0.2, -0.15) is 0 Å². The zero-order chi connectivity index (χ0) is 19.7. The van der Waals surface area contributed by atoms with Crippen molar-refractivity contribution < 1.29 is 8.42 Å². The number of aromatic nitrogens is 5. The molecule has 0 bridgehead atoms. The molecule has 1 aromatic carbocycles. The largest absolute Gasteiger partial charge is 0.315 e. The van der Waals surface area contributed by atoms with Crippen LogP contribution in [0.5, 0.6) is 0 Å². The van der Waals surface area contributed by atoms with Gasteiger partial charge in [-0.25, -0.2) is 18.1 Å². The van der Waals surface area contributed by atoms with Crippen molar-refractivity contribution in [3.05, 3.63) is 54.6 Å². The standard InChI is InChI=1S/C19H24N6O2S/c1-14-11-24(12-20-14)17-6-8-19(9-7-17)28(26,27)23-16-4-3-5-18(10-16)25-13-21-22-15(25)2/h6-9,11-13,16,18,23H,3-5,10H2,1-2H3/t16-,18+/m0/s1. The van der Waals surface area contributed by atoms with Crippen LogP contribution in [-0.2, 0) is 10.0 Å². The molecular formula is C19H24N6O2S. The van der Waals surface area contributed by atoms with Gasteiger partial charge in [0.25, 0.3) is 0 Å². The van der Waals surface area contributed by atoms with Gasteiger partial charge in [0.05, 0.1) is 16.9 Å². The van der Waals surface area contributed by atoms with Gasteiger partial charge >= 0.3 is 0 Å². The Bertz CT molecular complexity index is 1050. The maximum atomic E-state index is 12.9. The van der Waals surface area contributed by atoms with E-state index in [1.54, 1.807) is 36.9 Å². The average Bonchev–Trinajstić information content (AvgIpc) is 3.30. The summed E-state index contributed by atoms with van der Waals surface area (Å²) >= 11 is 0. The van der Waals surface area contributed by atoms with E-state index in [1.807, 2.05) is 29.2 Å². The molecule has 1 saturated carbocycles. The molecule has 2 aromatic heterocycles. The second-order valence-corrected chi connectivity index (χ2v) is 9.05. The molecular weight excluding hydrogens is 376 g/mol. The Morgan fingerprint density at radius 3 is 2.54 bits per heavy atom. The van der Waals surface area contributed by atoms with Crippen molar-refractivity contribution in [2.45, 2.75) is 56.5 Å². The van der Waals surface area contributed by atoms with E-state index in [2.05, 4.69) is 19.9 Å². The number of rotatable bonds is 5. The zero-order valence-electron chi connectivity index (χ0n) is 16.0. The van der Waals surface area contributed by atoms with E-state index in [-0.39, 0.29) is 17.0 Å². The van der Waals surface area contributed by atoms with Crippen molar-refractivity contribution in [2.24, 2.45) is 0 Å². The van der Waals surface area contributed by atoms with Gasteiger partial charge in [-0.3, -0.25) is 0 Å². The first-order chi connectivity index (χ1) is 13.4. The summed E-state index contributed by atoms with van der Waals surface area (Å²) in [4.78, 5) is 4.47. The summed E-state index contributed by atoms with van der Waals surface area (Å²) in [7, 11) is -3.57. The van der Waals surface area contributed by atoms with E-state index in [0.29, 0.717) is 0 Å².